The van der Waals surface area contributed by atoms with Gasteiger partial charge in [0, 0.05) is 17.7 Å². The van der Waals surface area contributed by atoms with Crippen LogP contribution < -0.4 is 0 Å². The van der Waals surface area contributed by atoms with Crippen molar-refractivity contribution in [2.24, 2.45) is 0 Å². The van der Waals surface area contributed by atoms with Crippen molar-refractivity contribution in [2.45, 2.75) is 51.0 Å². The molecule has 1 aliphatic carbocycles. The summed E-state index contributed by atoms with van der Waals surface area (Å²) in [6, 6.07) is 5.67. The van der Waals surface area contributed by atoms with Crippen molar-refractivity contribution in [2.75, 3.05) is 18.5 Å². The molecule has 6 heteroatoms. The molecule has 1 aliphatic rings. The number of amides is 1. The van der Waals surface area contributed by atoms with Gasteiger partial charge >= 0.3 is 0 Å². The van der Waals surface area contributed by atoms with Gasteiger partial charge in [0.2, 0.25) is 0 Å². The minimum absolute atomic E-state index is 0.0713. The lowest BCUT2D eigenvalue weighted by molar-refractivity contribution is 0.0660. The number of halogens is 2. The summed E-state index contributed by atoms with van der Waals surface area (Å²) in [5, 5.41) is 9.77. The third-order valence-corrected chi connectivity index (χ3v) is 6.05. The Morgan fingerprint density at radius 3 is 2.57 bits per heavy atom. The number of nitriles is 1. The Balaban J connectivity index is 2.54. The minimum Gasteiger partial charge on any atom is -0.317 e. The smallest absolute Gasteiger partial charge is 0.255 e. The highest BCUT2D eigenvalue weighted by molar-refractivity contribution is 9.09. The molecule has 4 nitrogen and oxygen atoms in total. The average molecular weight is 449 g/mol. The number of alkyl halides is 2. The molecule has 1 aromatic carbocycles. The minimum atomic E-state index is -1.26. The standard InChI is InChI=1S/C22H26BrFN2O2/c1-4-22(3,14-25)26(10-6-9-24)21(28)17-12-19(20(27)13-23)18(11-15(17)2)16-7-5-8-16/h4,11-12,16H,1,5-10,13H2,2-3H3. The molecule has 150 valence electrons. The molecule has 0 N–H and O–H groups in total. The van der Waals surface area contributed by atoms with E-state index in [1.54, 1.807) is 13.0 Å². The lowest BCUT2D eigenvalue weighted by Gasteiger charge is -2.34. The predicted molar refractivity (Wildman–Crippen MR) is 112 cm³/mol. The van der Waals surface area contributed by atoms with E-state index in [0.717, 1.165) is 30.4 Å². The number of carbonyl (C=O) groups excluding carboxylic acids is 2. The monoisotopic (exact) mass is 448 g/mol. The average Bonchev–Trinajstić information content (AvgIpc) is 2.66. The Labute approximate surface area is 174 Å². The van der Waals surface area contributed by atoms with Gasteiger partial charge in [0.15, 0.2) is 5.78 Å². The number of rotatable bonds is 9. The lowest BCUT2D eigenvalue weighted by Crippen LogP contribution is -2.48. The van der Waals surface area contributed by atoms with Crippen LogP contribution in [-0.4, -0.2) is 40.7 Å². The molecule has 28 heavy (non-hydrogen) atoms. The molecule has 1 amide bonds. The quantitative estimate of drug-likeness (QED) is 0.299. The highest BCUT2D eigenvalue weighted by atomic mass is 79.9. The van der Waals surface area contributed by atoms with Crippen LogP contribution >= 0.6 is 15.9 Å². The van der Waals surface area contributed by atoms with E-state index in [1.807, 2.05) is 13.0 Å². The summed E-state index contributed by atoms with van der Waals surface area (Å²) in [4.78, 5) is 27.2. The number of carbonyl (C=O) groups is 2. The zero-order valence-electron chi connectivity index (χ0n) is 16.4. The fourth-order valence-corrected chi connectivity index (χ4v) is 3.76. The van der Waals surface area contributed by atoms with E-state index in [2.05, 4.69) is 28.6 Å². The first kappa shape index (κ1) is 22.3. The van der Waals surface area contributed by atoms with Gasteiger partial charge < -0.3 is 4.90 Å². The zero-order valence-corrected chi connectivity index (χ0v) is 18.0. The van der Waals surface area contributed by atoms with Gasteiger partial charge in [-0.1, -0.05) is 41.1 Å². The Morgan fingerprint density at radius 2 is 2.11 bits per heavy atom. The van der Waals surface area contributed by atoms with E-state index in [9.17, 15) is 19.2 Å². The van der Waals surface area contributed by atoms with E-state index >= 15 is 0 Å². The van der Waals surface area contributed by atoms with Crippen molar-refractivity contribution in [3.8, 4) is 6.07 Å². The van der Waals surface area contributed by atoms with Crippen LogP contribution in [-0.2, 0) is 0 Å². The van der Waals surface area contributed by atoms with Crippen LogP contribution in [0.2, 0.25) is 0 Å². The molecule has 0 aliphatic heterocycles. The third kappa shape index (κ3) is 4.35. The zero-order chi connectivity index (χ0) is 20.9. The second-order valence-corrected chi connectivity index (χ2v) is 7.96. The van der Waals surface area contributed by atoms with E-state index in [-0.39, 0.29) is 24.1 Å². The molecule has 1 unspecified atom stereocenters. The van der Waals surface area contributed by atoms with Gasteiger partial charge in [-0.15, -0.1) is 0 Å². The maximum atomic E-state index is 13.3. The molecule has 1 aromatic rings. The number of benzene rings is 1. The molecule has 2 rings (SSSR count). The van der Waals surface area contributed by atoms with Crippen molar-refractivity contribution in [3.05, 3.63) is 47.0 Å². The summed E-state index contributed by atoms with van der Waals surface area (Å²) in [7, 11) is 0. The number of Topliss-reactive ketones (excluding diaryl/α,β-unsaturated/α-hetero) is 1. The van der Waals surface area contributed by atoms with Crippen molar-refractivity contribution >= 4 is 27.6 Å². The molecule has 0 spiro atoms. The maximum absolute atomic E-state index is 13.3. The van der Waals surface area contributed by atoms with Crippen LogP contribution in [0, 0.1) is 18.3 Å². The largest absolute Gasteiger partial charge is 0.317 e. The number of ketones is 1. The second kappa shape index (κ2) is 9.47. The summed E-state index contributed by atoms with van der Waals surface area (Å²) in [6.07, 6.45) is 4.75. The van der Waals surface area contributed by atoms with Crippen LogP contribution in [0.25, 0.3) is 0 Å². The molecule has 1 atom stereocenters. The molecular weight excluding hydrogens is 423 g/mol. The van der Waals surface area contributed by atoms with Gasteiger partial charge in [-0.25, -0.2) is 0 Å². The fourth-order valence-electron chi connectivity index (χ4n) is 3.46. The lowest BCUT2D eigenvalue weighted by atomic mass is 9.76. The molecule has 0 aromatic heterocycles. The first-order valence-electron chi connectivity index (χ1n) is 9.49. The molecule has 0 bridgehead atoms. The van der Waals surface area contributed by atoms with Crippen LogP contribution in [0.5, 0.6) is 0 Å². The number of aryl methyl sites for hydroxylation is 1. The normalized spacial score (nSPS) is 15.8. The summed E-state index contributed by atoms with van der Waals surface area (Å²) in [5.41, 5.74) is 1.41. The SMILES string of the molecule is C=CC(C)(C#N)N(CCCF)C(=O)c1cc(C(=O)CBr)c(C2CCC2)cc1C. The Hall–Kier alpha value is -2.00. The van der Waals surface area contributed by atoms with Crippen molar-refractivity contribution < 1.29 is 14.0 Å². The van der Waals surface area contributed by atoms with Gasteiger partial charge in [-0.2, -0.15) is 5.26 Å². The third-order valence-electron chi connectivity index (χ3n) is 5.54. The number of hydrogen-bond donors (Lipinski definition) is 0. The summed E-state index contributed by atoms with van der Waals surface area (Å²) < 4.78 is 12.8. The number of nitrogens with zero attached hydrogens (tertiary/aromatic N) is 2. The molecule has 1 fully saturated rings. The van der Waals surface area contributed by atoms with Crippen molar-refractivity contribution in [1.29, 1.82) is 5.26 Å². The van der Waals surface area contributed by atoms with Crippen LogP contribution in [0.15, 0.2) is 24.8 Å². The highest BCUT2D eigenvalue weighted by Gasteiger charge is 2.35. The van der Waals surface area contributed by atoms with Gasteiger partial charge in [0.25, 0.3) is 5.91 Å². The second-order valence-electron chi connectivity index (χ2n) is 7.40. The first-order valence-corrected chi connectivity index (χ1v) is 10.6. The van der Waals surface area contributed by atoms with Gasteiger partial charge in [-0.05, 0) is 56.2 Å². The van der Waals surface area contributed by atoms with Crippen molar-refractivity contribution in [1.82, 2.24) is 4.90 Å². The topological polar surface area (TPSA) is 61.2 Å². The van der Waals surface area contributed by atoms with E-state index in [1.165, 1.54) is 11.0 Å². The summed E-state index contributed by atoms with van der Waals surface area (Å²) >= 11 is 3.23. The van der Waals surface area contributed by atoms with Crippen LogP contribution in [0.4, 0.5) is 4.39 Å². The Bertz CT molecular complexity index is 813. The molecule has 0 saturated heterocycles. The van der Waals surface area contributed by atoms with E-state index < -0.39 is 18.1 Å². The van der Waals surface area contributed by atoms with E-state index in [0.29, 0.717) is 17.0 Å². The summed E-state index contributed by atoms with van der Waals surface area (Å²) in [6.45, 7) is 6.60. The van der Waals surface area contributed by atoms with Crippen molar-refractivity contribution in [3.63, 3.8) is 0 Å². The first-order chi connectivity index (χ1) is 13.3. The fraction of sp³-hybridized carbons (Fsp3) is 0.500. The maximum Gasteiger partial charge on any atom is 0.255 e. The van der Waals surface area contributed by atoms with Gasteiger partial charge in [0.05, 0.1) is 18.1 Å². The predicted octanol–water partition coefficient (Wildman–Crippen LogP) is 5.11. The number of hydrogen-bond acceptors (Lipinski definition) is 3. The van der Waals surface area contributed by atoms with E-state index in [4.69, 9.17) is 0 Å². The van der Waals surface area contributed by atoms with Crippen LogP contribution in [0.3, 0.4) is 0 Å². The molecule has 0 heterocycles. The Kier molecular flexibility index (Phi) is 7.54. The van der Waals surface area contributed by atoms with Gasteiger partial charge in [0.1, 0.15) is 5.54 Å². The molecule has 1 saturated carbocycles. The Morgan fingerprint density at radius 1 is 1.43 bits per heavy atom. The molecule has 0 radical (unpaired) electrons. The van der Waals surface area contributed by atoms with Crippen LogP contribution in [0.1, 0.15) is 70.4 Å². The summed E-state index contributed by atoms with van der Waals surface area (Å²) in [5.74, 6) is -0.113. The van der Waals surface area contributed by atoms with Gasteiger partial charge in [-0.3, -0.25) is 14.0 Å². The highest BCUT2D eigenvalue weighted by Crippen LogP contribution is 2.39. The molecular formula is C22H26BrFN2O2.